The minimum Gasteiger partial charge on any atom is -0.505 e. The summed E-state index contributed by atoms with van der Waals surface area (Å²) in [6, 6.07) is 22.7. The molecule has 0 bridgehead atoms. The molecule has 3 rings (SSSR count). The van der Waals surface area contributed by atoms with Crippen LogP contribution in [0.1, 0.15) is 52.7 Å². The van der Waals surface area contributed by atoms with E-state index in [0.717, 1.165) is 27.1 Å². The smallest absolute Gasteiger partial charge is 0.143 e. The topological polar surface area (TPSA) is 23.5 Å². The number of aromatic hydroxyl groups is 1. The predicted molar refractivity (Wildman–Crippen MR) is 128 cm³/mol. The SMILES string of the molecule is CC(C)(C)c1cc(N(c2ccccc2)c2ccc(Br)cc2)c(O)c(C(C)(C)C)c1. The zero-order valence-electron chi connectivity index (χ0n) is 18.1. The van der Waals surface area contributed by atoms with Gasteiger partial charge in [-0.15, -0.1) is 0 Å². The van der Waals surface area contributed by atoms with Gasteiger partial charge in [-0.3, -0.25) is 0 Å². The normalized spacial score (nSPS) is 12.1. The summed E-state index contributed by atoms with van der Waals surface area (Å²) in [5.41, 5.74) is 4.76. The summed E-state index contributed by atoms with van der Waals surface area (Å²) in [5.74, 6) is 0.331. The van der Waals surface area contributed by atoms with E-state index >= 15 is 0 Å². The Morgan fingerprint density at radius 2 is 1.28 bits per heavy atom. The van der Waals surface area contributed by atoms with E-state index in [0.29, 0.717) is 5.75 Å². The first-order valence-corrected chi connectivity index (χ1v) is 10.8. The number of phenols is 1. The van der Waals surface area contributed by atoms with E-state index in [4.69, 9.17) is 0 Å². The zero-order valence-corrected chi connectivity index (χ0v) is 19.7. The number of rotatable bonds is 3. The summed E-state index contributed by atoms with van der Waals surface area (Å²) in [5, 5.41) is 11.4. The number of anilines is 3. The van der Waals surface area contributed by atoms with Crippen LogP contribution in [0.4, 0.5) is 17.1 Å². The highest BCUT2D eigenvalue weighted by Gasteiger charge is 2.28. The Hall–Kier alpha value is -2.26. The van der Waals surface area contributed by atoms with Gasteiger partial charge < -0.3 is 10.0 Å². The number of nitrogens with zero attached hydrogens (tertiary/aromatic N) is 1. The number of para-hydroxylation sites is 1. The van der Waals surface area contributed by atoms with Crippen molar-refractivity contribution in [1.82, 2.24) is 0 Å². The van der Waals surface area contributed by atoms with E-state index in [1.165, 1.54) is 5.56 Å². The minimum atomic E-state index is -0.178. The van der Waals surface area contributed by atoms with Crippen molar-refractivity contribution >= 4 is 33.0 Å². The molecule has 0 aliphatic rings. The van der Waals surface area contributed by atoms with Crippen molar-refractivity contribution in [3.63, 3.8) is 0 Å². The third kappa shape index (κ3) is 4.67. The van der Waals surface area contributed by atoms with Gasteiger partial charge in [-0.2, -0.15) is 0 Å². The van der Waals surface area contributed by atoms with Crippen molar-refractivity contribution in [1.29, 1.82) is 0 Å². The molecule has 0 heterocycles. The molecule has 29 heavy (non-hydrogen) atoms. The highest BCUT2D eigenvalue weighted by atomic mass is 79.9. The molecular weight excluding hydrogens is 422 g/mol. The van der Waals surface area contributed by atoms with Crippen LogP contribution in [0.5, 0.6) is 5.75 Å². The Kier molecular flexibility index (Phi) is 5.82. The largest absolute Gasteiger partial charge is 0.505 e. The molecule has 0 atom stereocenters. The van der Waals surface area contributed by atoms with Crippen LogP contribution in [-0.2, 0) is 10.8 Å². The lowest BCUT2D eigenvalue weighted by atomic mass is 9.79. The first-order chi connectivity index (χ1) is 13.5. The highest BCUT2D eigenvalue weighted by molar-refractivity contribution is 9.10. The molecule has 0 saturated heterocycles. The summed E-state index contributed by atoms with van der Waals surface area (Å²) < 4.78 is 1.03. The van der Waals surface area contributed by atoms with Gasteiger partial charge in [-0.25, -0.2) is 0 Å². The Bertz CT molecular complexity index is 980. The van der Waals surface area contributed by atoms with Gasteiger partial charge in [0.1, 0.15) is 5.75 Å². The fraction of sp³-hybridized carbons (Fsp3) is 0.308. The van der Waals surface area contributed by atoms with Crippen LogP contribution in [-0.4, -0.2) is 5.11 Å². The highest BCUT2D eigenvalue weighted by Crippen LogP contribution is 2.46. The van der Waals surface area contributed by atoms with Gasteiger partial charge in [0.2, 0.25) is 0 Å². The third-order valence-corrected chi connectivity index (χ3v) is 5.63. The fourth-order valence-electron chi connectivity index (χ4n) is 3.39. The summed E-state index contributed by atoms with van der Waals surface area (Å²) in [7, 11) is 0. The van der Waals surface area contributed by atoms with Crippen molar-refractivity contribution in [2.24, 2.45) is 0 Å². The van der Waals surface area contributed by atoms with Crippen molar-refractivity contribution in [3.8, 4) is 5.75 Å². The van der Waals surface area contributed by atoms with Gasteiger partial charge in [-0.1, -0.05) is 81.7 Å². The van der Waals surface area contributed by atoms with E-state index < -0.39 is 0 Å². The van der Waals surface area contributed by atoms with Gasteiger partial charge in [0.25, 0.3) is 0 Å². The summed E-state index contributed by atoms with van der Waals surface area (Å²) in [4.78, 5) is 2.13. The lowest BCUT2D eigenvalue weighted by Gasteiger charge is -2.32. The number of halogens is 1. The van der Waals surface area contributed by atoms with E-state index in [1.54, 1.807) is 0 Å². The van der Waals surface area contributed by atoms with E-state index in [1.807, 2.05) is 30.3 Å². The molecule has 0 spiro atoms. The van der Waals surface area contributed by atoms with Crippen LogP contribution in [0.2, 0.25) is 0 Å². The molecule has 1 N–H and O–H groups in total. The minimum absolute atomic E-state index is 0.0372. The summed E-state index contributed by atoms with van der Waals surface area (Å²) in [6.45, 7) is 13.1. The number of benzene rings is 3. The lowest BCUT2D eigenvalue weighted by Crippen LogP contribution is -2.19. The molecule has 0 saturated carbocycles. The molecular formula is C26H30BrNO. The van der Waals surface area contributed by atoms with Crippen LogP contribution in [0, 0.1) is 0 Å². The van der Waals surface area contributed by atoms with Crippen LogP contribution in [0.15, 0.2) is 71.2 Å². The monoisotopic (exact) mass is 451 g/mol. The quantitative estimate of drug-likeness (QED) is 0.433. The first kappa shape index (κ1) is 21.4. The first-order valence-electron chi connectivity index (χ1n) is 9.97. The van der Waals surface area contributed by atoms with E-state index in [-0.39, 0.29) is 10.8 Å². The molecule has 0 unspecified atom stereocenters. The molecule has 0 aliphatic carbocycles. The lowest BCUT2D eigenvalue weighted by molar-refractivity contribution is 0.446. The van der Waals surface area contributed by atoms with Gasteiger partial charge in [0, 0.05) is 21.4 Å². The van der Waals surface area contributed by atoms with Gasteiger partial charge >= 0.3 is 0 Å². The number of phenolic OH excluding ortho intramolecular Hbond substituents is 1. The Balaban J connectivity index is 2.34. The van der Waals surface area contributed by atoms with E-state index in [9.17, 15) is 5.11 Å². The third-order valence-electron chi connectivity index (χ3n) is 5.10. The molecule has 0 aliphatic heterocycles. The fourth-order valence-corrected chi connectivity index (χ4v) is 3.65. The summed E-state index contributed by atoms with van der Waals surface area (Å²) in [6.07, 6.45) is 0. The maximum absolute atomic E-state index is 11.4. The Morgan fingerprint density at radius 1 is 0.724 bits per heavy atom. The second-order valence-electron chi connectivity index (χ2n) is 9.54. The molecule has 152 valence electrons. The molecule has 0 fully saturated rings. The maximum atomic E-state index is 11.4. The molecule has 2 nitrogen and oxygen atoms in total. The zero-order chi connectivity index (χ0) is 21.4. The van der Waals surface area contributed by atoms with Gasteiger partial charge in [0.15, 0.2) is 0 Å². The molecule has 3 aromatic rings. The van der Waals surface area contributed by atoms with Crippen LogP contribution in [0.25, 0.3) is 0 Å². The second kappa shape index (κ2) is 7.87. The van der Waals surface area contributed by atoms with E-state index in [2.05, 4.69) is 98.8 Å². The molecule has 3 heteroatoms. The standard InChI is InChI=1S/C26H30BrNO/c1-25(2,3)18-16-22(26(4,5)6)24(29)23(17-18)28(20-10-8-7-9-11-20)21-14-12-19(27)13-15-21/h7-17,29H,1-6H3. The van der Waals surface area contributed by atoms with Crippen molar-refractivity contribution in [2.75, 3.05) is 4.90 Å². The van der Waals surface area contributed by atoms with Gasteiger partial charge in [0.05, 0.1) is 5.69 Å². The average molecular weight is 452 g/mol. The molecule has 0 aromatic heterocycles. The Labute approximate surface area is 183 Å². The predicted octanol–water partition coefficient (Wildman–Crippen LogP) is 8.22. The molecule has 0 amide bonds. The van der Waals surface area contributed by atoms with Crippen molar-refractivity contribution < 1.29 is 5.11 Å². The average Bonchev–Trinajstić information content (AvgIpc) is 2.64. The van der Waals surface area contributed by atoms with Gasteiger partial charge in [-0.05, 0) is 58.9 Å². The van der Waals surface area contributed by atoms with Crippen LogP contribution in [0.3, 0.4) is 0 Å². The molecule has 3 aromatic carbocycles. The Morgan fingerprint density at radius 3 is 1.79 bits per heavy atom. The van der Waals surface area contributed by atoms with Crippen molar-refractivity contribution in [2.45, 2.75) is 52.4 Å². The summed E-state index contributed by atoms with van der Waals surface area (Å²) >= 11 is 3.53. The van der Waals surface area contributed by atoms with Crippen LogP contribution < -0.4 is 4.90 Å². The number of hydrogen-bond acceptors (Lipinski definition) is 2. The second-order valence-corrected chi connectivity index (χ2v) is 10.5. The number of hydrogen-bond donors (Lipinski definition) is 1. The van der Waals surface area contributed by atoms with Crippen molar-refractivity contribution in [3.05, 3.63) is 82.3 Å². The van der Waals surface area contributed by atoms with Crippen LogP contribution >= 0.6 is 15.9 Å². The molecule has 0 radical (unpaired) electrons. The maximum Gasteiger partial charge on any atom is 0.143 e.